The highest BCUT2D eigenvalue weighted by atomic mass is 35.5. The van der Waals surface area contributed by atoms with Crippen LogP contribution in [0.5, 0.6) is 5.75 Å². The average Bonchev–Trinajstić information content (AvgIpc) is 2.91. The first-order valence-electron chi connectivity index (χ1n) is 7.73. The molecule has 0 saturated carbocycles. The number of thiazole rings is 1. The fourth-order valence-electron chi connectivity index (χ4n) is 2.39. The van der Waals surface area contributed by atoms with Crippen LogP contribution in [0, 0.1) is 6.92 Å². The molecule has 0 radical (unpaired) electrons. The topological polar surface area (TPSA) is 43.6 Å². The molecule has 1 heterocycles. The Morgan fingerprint density at radius 2 is 2.08 bits per heavy atom. The van der Waals surface area contributed by atoms with Crippen molar-refractivity contribution in [3.63, 3.8) is 0 Å². The number of halogens is 1. The highest BCUT2D eigenvalue weighted by Crippen LogP contribution is 2.19. The van der Waals surface area contributed by atoms with Gasteiger partial charge in [0.05, 0.1) is 10.2 Å². The Labute approximate surface area is 154 Å². The highest BCUT2D eigenvalue weighted by molar-refractivity contribution is 7.16. The first-order valence-corrected chi connectivity index (χ1v) is 8.93. The monoisotopic (exact) mass is 372 g/mol. The normalized spacial score (nSPS) is 11.7. The standard InChI is InChI=1S/C19H17ClN2O2S/c1-3-10-22-16-9-4-13(2)11-17(16)25-19(22)21-18(23)12-24-15-7-5-14(20)6-8-15/h3-9,11H,1,10,12H2,2H3. The molecule has 4 nitrogen and oxygen atoms in total. The zero-order valence-electron chi connectivity index (χ0n) is 13.7. The molecule has 0 aliphatic rings. The van der Waals surface area contributed by atoms with Gasteiger partial charge in [0, 0.05) is 11.6 Å². The Bertz CT molecular complexity index is 987. The van der Waals surface area contributed by atoms with Gasteiger partial charge in [-0.2, -0.15) is 4.99 Å². The summed E-state index contributed by atoms with van der Waals surface area (Å²) in [6.07, 6.45) is 1.79. The van der Waals surface area contributed by atoms with Crippen molar-refractivity contribution in [2.45, 2.75) is 13.5 Å². The van der Waals surface area contributed by atoms with Crippen LogP contribution in [-0.4, -0.2) is 17.1 Å². The third-order valence-electron chi connectivity index (χ3n) is 3.55. The van der Waals surface area contributed by atoms with Crippen LogP contribution in [0.4, 0.5) is 0 Å². The maximum absolute atomic E-state index is 12.2. The Morgan fingerprint density at radius 1 is 1.32 bits per heavy atom. The smallest absolute Gasteiger partial charge is 0.286 e. The van der Waals surface area contributed by atoms with Crippen molar-refractivity contribution in [1.82, 2.24) is 4.57 Å². The Morgan fingerprint density at radius 3 is 2.80 bits per heavy atom. The number of carbonyl (C=O) groups excluding carboxylic acids is 1. The summed E-state index contributed by atoms with van der Waals surface area (Å²) < 4.78 is 8.53. The highest BCUT2D eigenvalue weighted by Gasteiger charge is 2.08. The number of benzene rings is 2. The van der Waals surface area contributed by atoms with E-state index in [1.165, 1.54) is 16.9 Å². The minimum atomic E-state index is -0.337. The van der Waals surface area contributed by atoms with E-state index in [2.05, 4.69) is 17.6 Å². The van der Waals surface area contributed by atoms with Crippen LogP contribution >= 0.6 is 22.9 Å². The van der Waals surface area contributed by atoms with Gasteiger partial charge in [-0.3, -0.25) is 4.79 Å². The number of rotatable bonds is 5. The average molecular weight is 373 g/mol. The third-order valence-corrected chi connectivity index (χ3v) is 4.84. The van der Waals surface area contributed by atoms with Gasteiger partial charge < -0.3 is 9.30 Å². The molecule has 0 unspecified atom stereocenters. The van der Waals surface area contributed by atoms with Gasteiger partial charge in [-0.15, -0.1) is 6.58 Å². The molecule has 3 aromatic rings. The van der Waals surface area contributed by atoms with Crippen molar-refractivity contribution in [3.05, 3.63) is 70.5 Å². The Hall–Kier alpha value is -2.37. The number of amides is 1. The van der Waals surface area contributed by atoms with Crippen molar-refractivity contribution in [3.8, 4) is 5.75 Å². The predicted molar refractivity (Wildman–Crippen MR) is 102 cm³/mol. The molecule has 0 spiro atoms. The number of fused-ring (bicyclic) bond motifs is 1. The zero-order valence-corrected chi connectivity index (χ0v) is 15.3. The summed E-state index contributed by atoms with van der Waals surface area (Å²) in [7, 11) is 0. The van der Waals surface area contributed by atoms with Gasteiger partial charge in [-0.1, -0.05) is 35.1 Å². The van der Waals surface area contributed by atoms with Crippen LogP contribution < -0.4 is 9.54 Å². The van der Waals surface area contributed by atoms with Gasteiger partial charge in [0.25, 0.3) is 5.91 Å². The lowest BCUT2D eigenvalue weighted by Crippen LogP contribution is -2.19. The van der Waals surface area contributed by atoms with Gasteiger partial charge in [-0.25, -0.2) is 0 Å². The van der Waals surface area contributed by atoms with Crippen molar-refractivity contribution in [2.24, 2.45) is 4.99 Å². The van der Waals surface area contributed by atoms with Gasteiger partial charge in [0.15, 0.2) is 11.4 Å². The van der Waals surface area contributed by atoms with E-state index < -0.39 is 0 Å². The SMILES string of the molecule is C=CCn1c(=NC(=O)COc2ccc(Cl)cc2)sc2cc(C)ccc21. The number of nitrogens with zero attached hydrogens (tertiary/aromatic N) is 2. The number of aromatic nitrogens is 1. The fraction of sp³-hybridized carbons (Fsp3) is 0.158. The van der Waals surface area contributed by atoms with E-state index in [1.54, 1.807) is 30.3 Å². The van der Waals surface area contributed by atoms with Crippen molar-refractivity contribution >= 4 is 39.1 Å². The molecule has 1 amide bonds. The lowest BCUT2D eigenvalue weighted by Gasteiger charge is -2.03. The summed E-state index contributed by atoms with van der Waals surface area (Å²) in [4.78, 5) is 17.1. The Balaban J connectivity index is 1.86. The van der Waals surface area contributed by atoms with Crippen molar-refractivity contribution in [1.29, 1.82) is 0 Å². The van der Waals surface area contributed by atoms with E-state index >= 15 is 0 Å². The summed E-state index contributed by atoms with van der Waals surface area (Å²) in [6.45, 7) is 6.29. The third kappa shape index (κ3) is 4.18. The molecular weight excluding hydrogens is 356 g/mol. The van der Waals surface area contributed by atoms with Gasteiger partial charge in [-0.05, 0) is 48.9 Å². The lowest BCUT2D eigenvalue weighted by molar-refractivity contribution is -0.120. The van der Waals surface area contributed by atoms with Crippen molar-refractivity contribution < 1.29 is 9.53 Å². The number of aryl methyl sites for hydroxylation is 1. The van der Waals surface area contributed by atoms with Crippen LogP contribution in [0.15, 0.2) is 60.1 Å². The first kappa shape index (κ1) is 17.5. The van der Waals surface area contributed by atoms with Gasteiger partial charge >= 0.3 is 0 Å². The van der Waals surface area contributed by atoms with E-state index in [0.29, 0.717) is 22.1 Å². The maximum atomic E-state index is 12.2. The molecule has 2 aromatic carbocycles. The second-order valence-corrected chi connectivity index (χ2v) is 6.95. The summed E-state index contributed by atoms with van der Waals surface area (Å²) in [5.41, 5.74) is 2.21. The molecule has 6 heteroatoms. The van der Waals surface area contributed by atoms with Crippen LogP contribution in [0.3, 0.4) is 0 Å². The number of hydrogen-bond acceptors (Lipinski definition) is 3. The van der Waals surface area contributed by atoms with E-state index in [9.17, 15) is 4.79 Å². The first-order chi connectivity index (χ1) is 12.1. The minimum Gasteiger partial charge on any atom is -0.484 e. The molecule has 0 aliphatic heterocycles. The molecule has 0 bridgehead atoms. The lowest BCUT2D eigenvalue weighted by atomic mass is 10.2. The van der Waals surface area contributed by atoms with Gasteiger partial charge in [0.2, 0.25) is 0 Å². The summed E-state index contributed by atoms with van der Waals surface area (Å²) >= 11 is 7.31. The molecule has 0 atom stereocenters. The molecule has 0 fully saturated rings. The molecule has 0 aliphatic carbocycles. The number of allylic oxidation sites excluding steroid dienone is 1. The van der Waals surface area contributed by atoms with Crippen LogP contribution in [0.2, 0.25) is 5.02 Å². The summed E-state index contributed by atoms with van der Waals surface area (Å²) in [5, 5.41) is 0.620. The number of ether oxygens (including phenoxy) is 1. The zero-order chi connectivity index (χ0) is 17.8. The molecule has 3 rings (SSSR count). The molecule has 1 aromatic heterocycles. The fourth-order valence-corrected chi connectivity index (χ4v) is 3.67. The second-order valence-electron chi connectivity index (χ2n) is 5.50. The number of carbonyl (C=O) groups is 1. The van der Waals surface area contributed by atoms with E-state index in [-0.39, 0.29) is 12.5 Å². The molecule has 25 heavy (non-hydrogen) atoms. The van der Waals surface area contributed by atoms with Gasteiger partial charge in [0.1, 0.15) is 5.75 Å². The quantitative estimate of drug-likeness (QED) is 0.624. The predicted octanol–water partition coefficient (Wildman–Crippen LogP) is 4.36. The Kier molecular flexibility index (Phi) is 5.36. The number of hydrogen-bond donors (Lipinski definition) is 0. The largest absolute Gasteiger partial charge is 0.484 e. The molecule has 0 saturated heterocycles. The minimum absolute atomic E-state index is 0.122. The van der Waals surface area contributed by atoms with E-state index in [4.69, 9.17) is 16.3 Å². The van der Waals surface area contributed by atoms with E-state index in [0.717, 1.165) is 10.2 Å². The summed E-state index contributed by atoms with van der Waals surface area (Å²) in [5.74, 6) is 0.245. The summed E-state index contributed by atoms with van der Waals surface area (Å²) in [6, 6.07) is 13.0. The maximum Gasteiger partial charge on any atom is 0.286 e. The second kappa shape index (κ2) is 7.68. The molecule has 128 valence electrons. The molecule has 0 N–H and O–H groups in total. The van der Waals surface area contributed by atoms with Crippen LogP contribution in [0.25, 0.3) is 10.2 Å². The molecular formula is C19H17ClN2O2S. The van der Waals surface area contributed by atoms with Crippen molar-refractivity contribution in [2.75, 3.05) is 6.61 Å². The van der Waals surface area contributed by atoms with Crippen LogP contribution in [0.1, 0.15) is 5.56 Å². The van der Waals surface area contributed by atoms with Crippen LogP contribution in [-0.2, 0) is 11.3 Å². The van der Waals surface area contributed by atoms with E-state index in [1.807, 2.05) is 23.6 Å².